The van der Waals surface area contributed by atoms with Crippen molar-refractivity contribution in [2.45, 2.75) is 20.0 Å². The molecule has 0 saturated heterocycles. The van der Waals surface area contributed by atoms with Crippen molar-refractivity contribution in [1.29, 1.82) is 0 Å². The molecule has 2 rings (SSSR count). The highest BCUT2D eigenvalue weighted by Crippen LogP contribution is 2.35. The topological polar surface area (TPSA) is 48.1 Å². The predicted octanol–water partition coefficient (Wildman–Crippen LogP) is 4.09. The molecule has 0 spiro atoms. The number of benzene rings is 1. The van der Waals surface area contributed by atoms with Crippen molar-refractivity contribution < 1.29 is 17.9 Å². The van der Waals surface area contributed by atoms with E-state index >= 15 is 0 Å². The molecule has 1 heterocycles. The summed E-state index contributed by atoms with van der Waals surface area (Å²) in [7, 11) is 0. The second kappa shape index (κ2) is 5.03. The highest BCUT2D eigenvalue weighted by molar-refractivity contribution is 5.51. The van der Waals surface area contributed by atoms with Crippen molar-refractivity contribution in [3.63, 3.8) is 0 Å². The number of nitrogen functional groups attached to an aromatic ring is 1. The first-order chi connectivity index (χ1) is 9.27. The number of rotatable bonds is 2. The fourth-order valence-corrected chi connectivity index (χ4v) is 1.72. The molecule has 0 saturated carbocycles. The van der Waals surface area contributed by atoms with E-state index in [-0.39, 0.29) is 11.6 Å². The van der Waals surface area contributed by atoms with E-state index in [9.17, 15) is 13.2 Å². The zero-order valence-corrected chi connectivity index (χ0v) is 11.0. The normalized spacial score (nSPS) is 11.4. The van der Waals surface area contributed by atoms with Gasteiger partial charge in [-0.1, -0.05) is 17.7 Å². The van der Waals surface area contributed by atoms with Crippen LogP contribution in [0.25, 0.3) is 0 Å². The molecular formula is C14H13F3N2O. The van der Waals surface area contributed by atoms with Gasteiger partial charge in [0, 0.05) is 6.20 Å². The first-order valence-corrected chi connectivity index (χ1v) is 5.85. The molecule has 1 aromatic carbocycles. The molecule has 0 aliphatic carbocycles. The molecule has 2 aromatic rings. The standard InChI is InChI=1S/C14H13F3N2O/c1-8-3-4-11(9(2)5-8)20-12-6-10(14(15,16)17)7-19-13(12)18/h3-7H,1-2H3,(H2,18,19). The zero-order valence-electron chi connectivity index (χ0n) is 11.0. The molecule has 0 amide bonds. The SMILES string of the molecule is Cc1ccc(Oc2cc(C(F)(F)F)cnc2N)c(C)c1. The molecule has 0 unspecified atom stereocenters. The number of halogens is 3. The molecule has 3 nitrogen and oxygen atoms in total. The summed E-state index contributed by atoms with van der Waals surface area (Å²) < 4.78 is 43.3. The molecule has 0 fully saturated rings. The summed E-state index contributed by atoms with van der Waals surface area (Å²) in [5.41, 5.74) is 6.50. The van der Waals surface area contributed by atoms with Crippen LogP contribution in [0.5, 0.6) is 11.5 Å². The molecule has 1 aromatic heterocycles. The second-order valence-corrected chi connectivity index (χ2v) is 4.48. The summed E-state index contributed by atoms with van der Waals surface area (Å²) in [6, 6.07) is 6.21. The zero-order chi connectivity index (χ0) is 14.9. The van der Waals surface area contributed by atoms with Gasteiger partial charge in [0.25, 0.3) is 0 Å². The Balaban J connectivity index is 2.38. The Kier molecular flexibility index (Phi) is 3.57. The number of pyridine rings is 1. The van der Waals surface area contributed by atoms with E-state index in [0.717, 1.165) is 17.2 Å². The third-order valence-corrected chi connectivity index (χ3v) is 2.76. The van der Waals surface area contributed by atoms with Crippen molar-refractivity contribution in [3.05, 3.63) is 47.2 Å². The summed E-state index contributed by atoms with van der Waals surface area (Å²) in [5.74, 6) is 0.258. The summed E-state index contributed by atoms with van der Waals surface area (Å²) >= 11 is 0. The van der Waals surface area contributed by atoms with E-state index in [4.69, 9.17) is 10.5 Å². The van der Waals surface area contributed by atoms with E-state index in [1.54, 1.807) is 19.1 Å². The maximum atomic E-state index is 12.6. The van der Waals surface area contributed by atoms with Gasteiger partial charge in [-0.15, -0.1) is 0 Å². The molecule has 0 radical (unpaired) electrons. The Hall–Kier alpha value is -2.24. The van der Waals surface area contributed by atoms with E-state index in [1.165, 1.54) is 0 Å². The van der Waals surface area contributed by atoms with Crippen LogP contribution in [0.2, 0.25) is 0 Å². The number of aryl methyl sites for hydroxylation is 2. The minimum atomic E-state index is -4.48. The smallest absolute Gasteiger partial charge is 0.418 e. The first kappa shape index (κ1) is 14.2. The molecule has 0 atom stereocenters. The minimum Gasteiger partial charge on any atom is -0.453 e. The number of aromatic nitrogens is 1. The van der Waals surface area contributed by atoms with E-state index < -0.39 is 11.7 Å². The van der Waals surface area contributed by atoms with Crippen LogP contribution in [0, 0.1) is 13.8 Å². The van der Waals surface area contributed by atoms with Crippen molar-refractivity contribution in [2.75, 3.05) is 5.73 Å². The lowest BCUT2D eigenvalue weighted by Gasteiger charge is -2.13. The fourth-order valence-electron chi connectivity index (χ4n) is 1.72. The predicted molar refractivity (Wildman–Crippen MR) is 69.6 cm³/mol. The summed E-state index contributed by atoms with van der Waals surface area (Å²) in [4.78, 5) is 3.52. The average molecular weight is 282 g/mol. The van der Waals surface area contributed by atoms with Gasteiger partial charge >= 0.3 is 6.18 Å². The number of anilines is 1. The highest BCUT2D eigenvalue weighted by Gasteiger charge is 2.32. The minimum absolute atomic E-state index is 0.0852. The Morgan fingerprint density at radius 1 is 1.10 bits per heavy atom. The number of hydrogen-bond donors (Lipinski definition) is 1. The highest BCUT2D eigenvalue weighted by atomic mass is 19.4. The van der Waals surface area contributed by atoms with Crippen LogP contribution in [-0.2, 0) is 6.18 Å². The van der Waals surface area contributed by atoms with Gasteiger partial charge in [-0.05, 0) is 31.5 Å². The summed E-state index contributed by atoms with van der Waals surface area (Å²) in [5, 5.41) is 0. The van der Waals surface area contributed by atoms with E-state index in [0.29, 0.717) is 11.9 Å². The Labute approximate surface area is 114 Å². The van der Waals surface area contributed by atoms with Gasteiger partial charge in [-0.2, -0.15) is 13.2 Å². The van der Waals surface area contributed by atoms with Gasteiger partial charge in [0.1, 0.15) is 5.75 Å². The molecule has 6 heteroatoms. The van der Waals surface area contributed by atoms with Crippen LogP contribution in [0.15, 0.2) is 30.5 Å². The largest absolute Gasteiger partial charge is 0.453 e. The van der Waals surface area contributed by atoms with Crippen LogP contribution in [-0.4, -0.2) is 4.98 Å². The summed E-state index contributed by atoms with van der Waals surface area (Å²) in [6.07, 6.45) is -3.80. The van der Waals surface area contributed by atoms with Crippen LogP contribution in [0.4, 0.5) is 19.0 Å². The number of alkyl halides is 3. The second-order valence-electron chi connectivity index (χ2n) is 4.48. The number of nitrogens with zero attached hydrogens (tertiary/aromatic N) is 1. The first-order valence-electron chi connectivity index (χ1n) is 5.85. The van der Waals surface area contributed by atoms with Gasteiger partial charge < -0.3 is 10.5 Å². The monoisotopic (exact) mass is 282 g/mol. The van der Waals surface area contributed by atoms with Crippen LogP contribution in [0.1, 0.15) is 16.7 Å². The molecule has 0 bridgehead atoms. The third kappa shape index (κ3) is 3.01. The molecule has 20 heavy (non-hydrogen) atoms. The lowest BCUT2D eigenvalue weighted by molar-refractivity contribution is -0.137. The molecule has 0 aliphatic heterocycles. The maximum absolute atomic E-state index is 12.6. The van der Waals surface area contributed by atoms with Crippen molar-refractivity contribution in [1.82, 2.24) is 4.98 Å². The van der Waals surface area contributed by atoms with E-state index in [1.807, 2.05) is 13.0 Å². The van der Waals surface area contributed by atoms with Gasteiger partial charge in [0.15, 0.2) is 11.6 Å². The molecule has 106 valence electrons. The van der Waals surface area contributed by atoms with Gasteiger partial charge in [-0.3, -0.25) is 0 Å². The van der Waals surface area contributed by atoms with Crippen LogP contribution >= 0.6 is 0 Å². The molecule has 0 aliphatic rings. The van der Waals surface area contributed by atoms with Crippen LogP contribution in [0.3, 0.4) is 0 Å². The maximum Gasteiger partial charge on any atom is 0.418 e. The number of ether oxygens (including phenoxy) is 1. The van der Waals surface area contributed by atoms with Gasteiger partial charge in [-0.25, -0.2) is 4.98 Å². The van der Waals surface area contributed by atoms with Crippen LogP contribution < -0.4 is 10.5 Å². The number of nitrogens with two attached hydrogens (primary N) is 1. The molecular weight excluding hydrogens is 269 g/mol. The van der Waals surface area contributed by atoms with Crippen molar-refractivity contribution in [2.24, 2.45) is 0 Å². The number of hydrogen-bond acceptors (Lipinski definition) is 3. The summed E-state index contributed by atoms with van der Waals surface area (Å²) in [6.45, 7) is 3.72. The van der Waals surface area contributed by atoms with Gasteiger partial charge in [0.05, 0.1) is 5.56 Å². The van der Waals surface area contributed by atoms with E-state index in [2.05, 4.69) is 4.98 Å². The van der Waals surface area contributed by atoms with Crippen molar-refractivity contribution in [3.8, 4) is 11.5 Å². The fraction of sp³-hybridized carbons (Fsp3) is 0.214. The lowest BCUT2D eigenvalue weighted by atomic mass is 10.1. The Morgan fingerprint density at radius 3 is 2.40 bits per heavy atom. The lowest BCUT2D eigenvalue weighted by Crippen LogP contribution is -2.07. The Morgan fingerprint density at radius 2 is 1.80 bits per heavy atom. The molecule has 2 N–H and O–H groups in total. The van der Waals surface area contributed by atoms with Gasteiger partial charge in [0.2, 0.25) is 0 Å². The average Bonchev–Trinajstić information content (AvgIpc) is 2.33. The quantitative estimate of drug-likeness (QED) is 0.902. The third-order valence-electron chi connectivity index (χ3n) is 2.76. The van der Waals surface area contributed by atoms with Crippen molar-refractivity contribution >= 4 is 5.82 Å². The Bertz CT molecular complexity index is 639.